The van der Waals surface area contributed by atoms with Crippen LogP contribution in [0.15, 0.2) is 24.8 Å². The van der Waals surface area contributed by atoms with E-state index < -0.39 is 0 Å². The van der Waals surface area contributed by atoms with Crippen molar-refractivity contribution >= 4 is 0 Å². The zero-order valence-corrected chi connectivity index (χ0v) is 6.38. The summed E-state index contributed by atoms with van der Waals surface area (Å²) in [6, 6.07) is 0. The van der Waals surface area contributed by atoms with Crippen LogP contribution in [0.3, 0.4) is 0 Å². The molecule has 1 heteroatoms. The lowest BCUT2D eigenvalue weighted by Gasteiger charge is -1.99. The molecule has 1 aliphatic carbocycles. The van der Waals surface area contributed by atoms with Gasteiger partial charge in [0.1, 0.15) is 0 Å². The number of allylic oxidation sites excluding steroid dienone is 3. The molecular weight excluding hydrogens is 124 g/mol. The maximum absolute atomic E-state index is 8.78. The lowest BCUT2D eigenvalue weighted by molar-refractivity contribution is 0.262. The molecule has 0 aromatic carbocycles. The van der Waals surface area contributed by atoms with Crippen molar-refractivity contribution < 1.29 is 5.11 Å². The van der Waals surface area contributed by atoms with Gasteiger partial charge in [0.15, 0.2) is 0 Å². The minimum Gasteiger partial charge on any atom is -0.396 e. The van der Waals surface area contributed by atoms with Gasteiger partial charge in [0.05, 0.1) is 0 Å². The normalized spacial score (nSPS) is 38.4. The molecule has 10 heavy (non-hydrogen) atoms. The van der Waals surface area contributed by atoms with Crippen LogP contribution in [-0.4, -0.2) is 11.7 Å². The highest BCUT2D eigenvalue weighted by molar-refractivity contribution is 5.15. The summed E-state index contributed by atoms with van der Waals surface area (Å²) in [5, 5.41) is 8.78. The third kappa shape index (κ3) is 1.29. The lowest BCUT2D eigenvalue weighted by atomic mass is 10.1. The molecule has 56 valence electrons. The second kappa shape index (κ2) is 2.59. The van der Waals surface area contributed by atoms with E-state index in [0.29, 0.717) is 12.5 Å². The van der Waals surface area contributed by atoms with Gasteiger partial charge < -0.3 is 5.11 Å². The van der Waals surface area contributed by atoms with Gasteiger partial charge in [0.25, 0.3) is 0 Å². The first kappa shape index (κ1) is 7.55. The molecule has 1 rings (SSSR count). The van der Waals surface area contributed by atoms with E-state index in [9.17, 15) is 0 Å². The quantitative estimate of drug-likeness (QED) is 0.589. The molecule has 0 aliphatic heterocycles. The van der Waals surface area contributed by atoms with Crippen molar-refractivity contribution in [2.75, 3.05) is 6.61 Å². The van der Waals surface area contributed by atoms with Gasteiger partial charge in [0, 0.05) is 6.61 Å². The van der Waals surface area contributed by atoms with Crippen LogP contribution in [0.25, 0.3) is 0 Å². The molecule has 0 heterocycles. The third-order valence-corrected chi connectivity index (χ3v) is 2.29. The Balaban J connectivity index is 2.42. The van der Waals surface area contributed by atoms with Crippen LogP contribution in [0.2, 0.25) is 0 Å². The first-order valence-corrected chi connectivity index (χ1v) is 3.64. The largest absolute Gasteiger partial charge is 0.396 e. The average molecular weight is 138 g/mol. The molecule has 0 amide bonds. The van der Waals surface area contributed by atoms with E-state index in [-0.39, 0.29) is 5.41 Å². The Morgan fingerprint density at radius 1 is 1.80 bits per heavy atom. The van der Waals surface area contributed by atoms with Gasteiger partial charge in [0.2, 0.25) is 0 Å². The fraction of sp³-hybridized carbons (Fsp3) is 0.556. The van der Waals surface area contributed by atoms with Crippen LogP contribution in [0, 0.1) is 11.3 Å². The number of rotatable bonds is 3. The van der Waals surface area contributed by atoms with E-state index in [1.807, 2.05) is 6.08 Å². The molecular formula is C9H14O. The fourth-order valence-electron chi connectivity index (χ4n) is 1.24. The fourth-order valence-corrected chi connectivity index (χ4v) is 1.24. The Hall–Kier alpha value is -0.560. The minimum atomic E-state index is 0.267. The maximum Gasteiger partial charge on any atom is 0.0467 e. The van der Waals surface area contributed by atoms with Crippen molar-refractivity contribution in [2.24, 2.45) is 11.3 Å². The molecule has 0 aromatic heterocycles. The minimum absolute atomic E-state index is 0.267. The Kier molecular flexibility index (Phi) is 1.95. The van der Waals surface area contributed by atoms with Gasteiger partial charge in [-0.15, -0.1) is 0 Å². The third-order valence-electron chi connectivity index (χ3n) is 2.29. The van der Waals surface area contributed by atoms with Crippen molar-refractivity contribution in [3.05, 3.63) is 24.8 Å². The molecule has 0 radical (unpaired) electrons. The van der Waals surface area contributed by atoms with Crippen LogP contribution < -0.4 is 0 Å². The zero-order chi connectivity index (χ0) is 7.61. The van der Waals surface area contributed by atoms with Gasteiger partial charge in [-0.25, -0.2) is 0 Å². The van der Waals surface area contributed by atoms with Crippen molar-refractivity contribution in [1.82, 2.24) is 0 Å². The summed E-state index contributed by atoms with van der Waals surface area (Å²) in [5.41, 5.74) is 0.267. The lowest BCUT2D eigenvalue weighted by Crippen LogP contribution is -1.96. The Morgan fingerprint density at radius 2 is 2.50 bits per heavy atom. The van der Waals surface area contributed by atoms with E-state index in [1.165, 1.54) is 0 Å². The summed E-state index contributed by atoms with van der Waals surface area (Å²) in [7, 11) is 0. The average Bonchev–Trinajstić information content (AvgIpc) is 2.59. The van der Waals surface area contributed by atoms with E-state index in [4.69, 9.17) is 5.11 Å². The molecule has 0 spiro atoms. The Morgan fingerprint density at radius 3 is 2.90 bits per heavy atom. The number of aliphatic hydroxyl groups is 1. The summed E-state index contributed by atoms with van der Waals surface area (Å²) in [4.78, 5) is 0. The van der Waals surface area contributed by atoms with E-state index in [0.717, 1.165) is 6.42 Å². The molecule has 0 aromatic rings. The van der Waals surface area contributed by atoms with E-state index >= 15 is 0 Å². The molecule has 1 fully saturated rings. The molecule has 0 bridgehead atoms. The number of hydrogen-bond donors (Lipinski definition) is 1. The predicted octanol–water partition coefficient (Wildman–Crippen LogP) is 1.75. The topological polar surface area (TPSA) is 20.2 Å². The van der Waals surface area contributed by atoms with Crippen LogP contribution in [-0.2, 0) is 0 Å². The number of aliphatic hydroxyl groups excluding tert-OH is 1. The highest BCUT2D eigenvalue weighted by atomic mass is 16.3. The van der Waals surface area contributed by atoms with Gasteiger partial charge in [-0.1, -0.05) is 31.7 Å². The molecule has 1 saturated carbocycles. The second-order valence-electron chi connectivity index (χ2n) is 3.18. The van der Waals surface area contributed by atoms with Crippen LogP contribution in [0.4, 0.5) is 0 Å². The highest BCUT2D eigenvalue weighted by Crippen LogP contribution is 2.52. The van der Waals surface area contributed by atoms with Crippen LogP contribution in [0.1, 0.15) is 13.3 Å². The summed E-state index contributed by atoms with van der Waals surface area (Å²) >= 11 is 0. The number of hydrogen-bond acceptors (Lipinski definition) is 1. The van der Waals surface area contributed by atoms with E-state index in [1.54, 1.807) is 6.08 Å². The Labute approximate surface area is 62.1 Å². The van der Waals surface area contributed by atoms with E-state index in [2.05, 4.69) is 19.6 Å². The van der Waals surface area contributed by atoms with Gasteiger partial charge in [-0.3, -0.25) is 0 Å². The Bertz CT molecular complexity index is 160. The molecule has 0 unspecified atom stereocenters. The predicted molar refractivity (Wildman–Crippen MR) is 42.6 cm³/mol. The van der Waals surface area contributed by atoms with Gasteiger partial charge in [-0.2, -0.15) is 0 Å². The maximum atomic E-state index is 8.78. The molecule has 1 aliphatic rings. The summed E-state index contributed by atoms with van der Waals surface area (Å²) in [6.07, 6.45) is 6.97. The highest BCUT2D eigenvalue weighted by Gasteiger charge is 2.46. The second-order valence-corrected chi connectivity index (χ2v) is 3.18. The van der Waals surface area contributed by atoms with Crippen molar-refractivity contribution in [2.45, 2.75) is 13.3 Å². The van der Waals surface area contributed by atoms with Crippen LogP contribution in [0.5, 0.6) is 0 Å². The summed E-state index contributed by atoms with van der Waals surface area (Å²) in [5.74, 6) is 0.490. The van der Waals surface area contributed by atoms with Crippen molar-refractivity contribution in [3.63, 3.8) is 0 Å². The first-order valence-electron chi connectivity index (χ1n) is 3.64. The zero-order valence-electron chi connectivity index (χ0n) is 6.38. The van der Waals surface area contributed by atoms with Gasteiger partial charge >= 0.3 is 0 Å². The molecule has 1 N–H and O–H groups in total. The molecule has 0 saturated heterocycles. The van der Waals surface area contributed by atoms with Crippen molar-refractivity contribution in [1.29, 1.82) is 0 Å². The molecule has 2 atom stereocenters. The van der Waals surface area contributed by atoms with Gasteiger partial charge in [-0.05, 0) is 17.8 Å². The first-order chi connectivity index (χ1) is 4.73. The smallest absolute Gasteiger partial charge is 0.0467 e. The van der Waals surface area contributed by atoms with Crippen molar-refractivity contribution in [3.8, 4) is 0 Å². The monoisotopic (exact) mass is 138 g/mol. The summed E-state index contributed by atoms with van der Waals surface area (Å²) < 4.78 is 0. The molecule has 1 nitrogen and oxygen atoms in total. The summed E-state index contributed by atoms with van der Waals surface area (Å²) in [6.45, 7) is 6.07. The van der Waals surface area contributed by atoms with Crippen LogP contribution >= 0.6 is 0 Å². The standard InChI is InChI=1S/C9H14O/c1-3-4-5-9(2)6-8(9)7-10/h3-5,8,10H,1,6-7H2,2H3/b5-4+/t8-,9+/m0/s1. The SMILES string of the molecule is C=C/C=C/[C@]1(C)C[C@H]1CO.